The molecule has 0 atom stereocenters. The molecule has 0 unspecified atom stereocenters. The highest BCUT2D eigenvalue weighted by atomic mass is 16.5. The quantitative estimate of drug-likeness (QED) is 0.695. The molecule has 0 radical (unpaired) electrons. The summed E-state index contributed by atoms with van der Waals surface area (Å²) in [5.74, 6) is 0.940. The van der Waals surface area contributed by atoms with Gasteiger partial charge in [-0.15, -0.1) is 0 Å². The summed E-state index contributed by atoms with van der Waals surface area (Å²) in [5.41, 5.74) is 2.81. The first kappa shape index (κ1) is 9.46. The van der Waals surface area contributed by atoms with Crippen LogP contribution in [0.5, 0.6) is 5.75 Å². The van der Waals surface area contributed by atoms with Gasteiger partial charge in [0.15, 0.2) is 0 Å². The van der Waals surface area contributed by atoms with Gasteiger partial charge in [-0.3, -0.25) is 0 Å². The summed E-state index contributed by atoms with van der Waals surface area (Å²) in [6.45, 7) is 0. The SMILES string of the molecule is COc1ccc2ccc3c(c2c1)CCC=C3. The number of hydrogen-bond donors (Lipinski definition) is 0. The third-order valence-electron chi connectivity index (χ3n) is 3.23. The molecule has 0 heterocycles. The van der Waals surface area contributed by atoms with Gasteiger partial charge in [-0.1, -0.05) is 30.4 Å². The maximum Gasteiger partial charge on any atom is 0.119 e. The molecular formula is C15H14O. The largest absolute Gasteiger partial charge is 0.497 e. The lowest BCUT2D eigenvalue weighted by molar-refractivity contribution is 0.415. The fraction of sp³-hybridized carbons (Fsp3) is 0.200. The molecule has 0 saturated heterocycles. The van der Waals surface area contributed by atoms with E-state index in [0.29, 0.717) is 0 Å². The Hall–Kier alpha value is -1.76. The number of ether oxygens (including phenoxy) is 1. The van der Waals surface area contributed by atoms with Gasteiger partial charge >= 0.3 is 0 Å². The van der Waals surface area contributed by atoms with Gasteiger partial charge in [0.05, 0.1) is 7.11 Å². The molecule has 0 saturated carbocycles. The number of rotatable bonds is 1. The van der Waals surface area contributed by atoms with Crippen LogP contribution in [0.4, 0.5) is 0 Å². The first-order valence-corrected chi connectivity index (χ1v) is 5.64. The average molecular weight is 210 g/mol. The Morgan fingerprint density at radius 1 is 1.12 bits per heavy atom. The van der Waals surface area contributed by atoms with Crippen molar-refractivity contribution >= 4 is 16.8 Å². The number of hydrogen-bond acceptors (Lipinski definition) is 1. The lowest BCUT2D eigenvalue weighted by Crippen LogP contribution is -1.95. The molecule has 0 fully saturated rings. The molecule has 0 spiro atoms. The number of aryl methyl sites for hydroxylation is 1. The zero-order valence-corrected chi connectivity index (χ0v) is 9.36. The van der Waals surface area contributed by atoms with E-state index in [1.54, 1.807) is 7.11 Å². The smallest absolute Gasteiger partial charge is 0.119 e. The lowest BCUT2D eigenvalue weighted by Gasteiger charge is -2.14. The van der Waals surface area contributed by atoms with Crippen molar-refractivity contribution in [2.75, 3.05) is 7.11 Å². The van der Waals surface area contributed by atoms with E-state index in [1.165, 1.54) is 21.9 Å². The molecule has 1 heteroatoms. The van der Waals surface area contributed by atoms with Gasteiger partial charge in [0, 0.05) is 0 Å². The minimum absolute atomic E-state index is 0.940. The van der Waals surface area contributed by atoms with E-state index >= 15 is 0 Å². The van der Waals surface area contributed by atoms with E-state index in [-0.39, 0.29) is 0 Å². The number of benzene rings is 2. The third kappa shape index (κ3) is 1.40. The van der Waals surface area contributed by atoms with Crippen LogP contribution in [-0.2, 0) is 6.42 Å². The molecule has 2 aromatic carbocycles. The number of methoxy groups -OCH3 is 1. The molecule has 3 rings (SSSR count). The Balaban J connectivity index is 2.32. The molecular weight excluding hydrogens is 196 g/mol. The van der Waals surface area contributed by atoms with Crippen molar-refractivity contribution in [3.8, 4) is 5.75 Å². The van der Waals surface area contributed by atoms with Crippen molar-refractivity contribution in [3.63, 3.8) is 0 Å². The van der Waals surface area contributed by atoms with Gasteiger partial charge in [0.1, 0.15) is 5.75 Å². The highest BCUT2D eigenvalue weighted by Gasteiger charge is 2.09. The topological polar surface area (TPSA) is 9.23 Å². The van der Waals surface area contributed by atoms with Crippen LogP contribution in [-0.4, -0.2) is 7.11 Å². The molecule has 0 N–H and O–H groups in total. The molecule has 0 aliphatic heterocycles. The van der Waals surface area contributed by atoms with Gasteiger partial charge in [-0.05, 0) is 46.9 Å². The minimum Gasteiger partial charge on any atom is -0.497 e. The second-order valence-corrected chi connectivity index (χ2v) is 4.16. The molecule has 0 bridgehead atoms. The molecule has 1 aliphatic carbocycles. The summed E-state index contributed by atoms with van der Waals surface area (Å²) in [5, 5.41) is 2.64. The van der Waals surface area contributed by atoms with E-state index in [0.717, 1.165) is 18.6 Å². The standard InChI is InChI=1S/C15H14O/c1-16-13-9-8-12-7-6-11-4-2-3-5-14(11)15(12)10-13/h2,4,6-10H,3,5H2,1H3. The van der Waals surface area contributed by atoms with Crippen molar-refractivity contribution in [2.24, 2.45) is 0 Å². The fourth-order valence-electron chi connectivity index (χ4n) is 2.38. The molecule has 0 aromatic heterocycles. The molecule has 2 aromatic rings. The van der Waals surface area contributed by atoms with Crippen LogP contribution < -0.4 is 4.74 Å². The average Bonchev–Trinajstić information content (AvgIpc) is 2.38. The summed E-state index contributed by atoms with van der Waals surface area (Å²) >= 11 is 0. The second-order valence-electron chi connectivity index (χ2n) is 4.16. The van der Waals surface area contributed by atoms with E-state index < -0.39 is 0 Å². The predicted octanol–water partition coefficient (Wildman–Crippen LogP) is 3.81. The van der Waals surface area contributed by atoms with E-state index in [2.05, 4.69) is 36.4 Å². The highest BCUT2D eigenvalue weighted by molar-refractivity contribution is 5.90. The Morgan fingerprint density at radius 3 is 2.88 bits per heavy atom. The van der Waals surface area contributed by atoms with E-state index in [1.807, 2.05) is 6.07 Å². The van der Waals surface area contributed by atoms with Crippen molar-refractivity contribution < 1.29 is 4.74 Å². The molecule has 1 aliphatic rings. The van der Waals surface area contributed by atoms with E-state index in [4.69, 9.17) is 4.74 Å². The predicted molar refractivity (Wildman–Crippen MR) is 67.9 cm³/mol. The zero-order chi connectivity index (χ0) is 11.0. The summed E-state index contributed by atoms with van der Waals surface area (Å²) in [7, 11) is 1.72. The van der Waals surface area contributed by atoms with Crippen LogP contribution in [0.2, 0.25) is 0 Å². The molecule has 1 nitrogen and oxygen atoms in total. The van der Waals surface area contributed by atoms with Crippen LogP contribution in [0, 0.1) is 0 Å². The van der Waals surface area contributed by atoms with Crippen molar-refractivity contribution in [3.05, 3.63) is 47.5 Å². The number of allylic oxidation sites excluding steroid dienone is 1. The summed E-state index contributed by atoms with van der Waals surface area (Å²) in [6, 6.07) is 10.7. The lowest BCUT2D eigenvalue weighted by atomic mass is 9.92. The van der Waals surface area contributed by atoms with Crippen LogP contribution in [0.25, 0.3) is 16.8 Å². The monoisotopic (exact) mass is 210 g/mol. The van der Waals surface area contributed by atoms with Crippen molar-refractivity contribution in [2.45, 2.75) is 12.8 Å². The van der Waals surface area contributed by atoms with Crippen molar-refractivity contribution in [1.29, 1.82) is 0 Å². The zero-order valence-electron chi connectivity index (χ0n) is 9.36. The van der Waals surface area contributed by atoms with Gasteiger partial charge in [0.25, 0.3) is 0 Å². The number of fused-ring (bicyclic) bond motifs is 3. The van der Waals surface area contributed by atoms with Gasteiger partial charge in [-0.25, -0.2) is 0 Å². The summed E-state index contributed by atoms with van der Waals surface area (Å²) in [6.07, 6.45) is 6.74. The molecule has 0 amide bonds. The fourth-order valence-corrected chi connectivity index (χ4v) is 2.38. The van der Waals surface area contributed by atoms with Crippen LogP contribution in [0.15, 0.2) is 36.4 Å². The Morgan fingerprint density at radius 2 is 2.00 bits per heavy atom. The third-order valence-corrected chi connectivity index (χ3v) is 3.23. The maximum absolute atomic E-state index is 5.30. The maximum atomic E-state index is 5.30. The first-order valence-electron chi connectivity index (χ1n) is 5.64. The van der Waals surface area contributed by atoms with Crippen LogP contribution >= 0.6 is 0 Å². The Bertz CT molecular complexity index is 567. The van der Waals surface area contributed by atoms with E-state index in [9.17, 15) is 0 Å². The van der Waals surface area contributed by atoms with Crippen LogP contribution in [0.3, 0.4) is 0 Å². The van der Waals surface area contributed by atoms with Crippen molar-refractivity contribution in [1.82, 2.24) is 0 Å². The van der Waals surface area contributed by atoms with Crippen LogP contribution in [0.1, 0.15) is 17.5 Å². The van der Waals surface area contributed by atoms with Gasteiger partial charge in [-0.2, -0.15) is 0 Å². The minimum atomic E-state index is 0.940. The van der Waals surface area contributed by atoms with Gasteiger partial charge < -0.3 is 4.74 Å². The second kappa shape index (κ2) is 3.67. The summed E-state index contributed by atoms with van der Waals surface area (Å²) < 4.78 is 5.30. The normalized spacial score (nSPS) is 13.8. The Labute approximate surface area is 95.4 Å². The molecule has 80 valence electrons. The molecule has 16 heavy (non-hydrogen) atoms. The summed E-state index contributed by atoms with van der Waals surface area (Å²) in [4.78, 5) is 0. The van der Waals surface area contributed by atoms with Gasteiger partial charge in [0.2, 0.25) is 0 Å². The Kier molecular flexibility index (Phi) is 2.17. The highest BCUT2D eigenvalue weighted by Crippen LogP contribution is 2.30. The first-order chi connectivity index (χ1) is 7.88.